The first-order chi connectivity index (χ1) is 8.13. The molecule has 0 saturated carbocycles. The molecule has 1 aromatic carbocycles. The molecule has 17 heavy (non-hydrogen) atoms. The number of aromatic nitrogens is 1. The van der Waals surface area contributed by atoms with Crippen LogP contribution in [0.4, 0.5) is 0 Å². The zero-order chi connectivity index (χ0) is 12.4. The first kappa shape index (κ1) is 12.0. The fourth-order valence-electron chi connectivity index (χ4n) is 1.73. The second-order valence-corrected chi connectivity index (χ2v) is 4.38. The van der Waals surface area contributed by atoms with Gasteiger partial charge in [0, 0.05) is 23.7 Å². The molecular formula is C13H14ClNO2. The van der Waals surface area contributed by atoms with Gasteiger partial charge in [0.05, 0.1) is 12.0 Å². The number of fused-ring (bicyclic) bond motifs is 1. The molecule has 4 heteroatoms. The molecule has 0 bridgehead atoms. The normalized spacial score (nSPS) is 10.8. The zero-order valence-electron chi connectivity index (χ0n) is 9.87. The molecule has 0 atom stereocenters. The minimum absolute atomic E-state index is 0.0412. The Morgan fingerprint density at radius 3 is 2.82 bits per heavy atom. The second-order valence-electron chi connectivity index (χ2n) is 3.95. The lowest BCUT2D eigenvalue weighted by molar-refractivity contribution is 0.318. The van der Waals surface area contributed by atoms with E-state index < -0.39 is 0 Å². The molecule has 0 radical (unpaired) electrons. The minimum Gasteiger partial charge on any atom is -0.491 e. The molecule has 0 unspecified atom stereocenters. The molecule has 0 N–H and O–H groups in total. The van der Waals surface area contributed by atoms with E-state index in [4.69, 9.17) is 16.3 Å². The first-order valence-electron chi connectivity index (χ1n) is 5.55. The molecule has 1 aromatic heterocycles. The molecule has 0 aliphatic heterocycles. The Morgan fingerprint density at radius 2 is 2.12 bits per heavy atom. The lowest BCUT2D eigenvalue weighted by Gasteiger charge is -2.10. The zero-order valence-corrected chi connectivity index (χ0v) is 10.6. The summed E-state index contributed by atoms with van der Waals surface area (Å²) >= 11 is 5.95. The van der Waals surface area contributed by atoms with E-state index in [1.165, 1.54) is 4.57 Å². The van der Waals surface area contributed by atoms with Crippen LogP contribution < -0.4 is 10.3 Å². The van der Waals surface area contributed by atoms with Crippen LogP contribution in [0.25, 0.3) is 10.8 Å². The smallest absolute Gasteiger partial charge is 0.258 e. The molecule has 2 rings (SSSR count). The van der Waals surface area contributed by atoms with E-state index in [1.807, 2.05) is 6.92 Å². The molecule has 0 fully saturated rings. The summed E-state index contributed by atoms with van der Waals surface area (Å²) in [5, 5.41) is 2.01. The summed E-state index contributed by atoms with van der Waals surface area (Å²) in [7, 11) is 1.72. The van der Waals surface area contributed by atoms with E-state index in [-0.39, 0.29) is 5.56 Å². The van der Waals surface area contributed by atoms with E-state index >= 15 is 0 Å². The van der Waals surface area contributed by atoms with Gasteiger partial charge in [-0.1, -0.05) is 18.5 Å². The lowest BCUT2D eigenvalue weighted by atomic mass is 10.1. The summed E-state index contributed by atoms with van der Waals surface area (Å²) in [6, 6.07) is 5.22. The number of halogens is 1. The predicted octanol–water partition coefficient (Wildman–Crippen LogP) is 2.98. The topological polar surface area (TPSA) is 31.2 Å². The van der Waals surface area contributed by atoms with Crippen LogP contribution in [0.15, 0.2) is 29.2 Å². The van der Waals surface area contributed by atoms with E-state index in [0.717, 1.165) is 11.8 Å². The molecule has 90 valence electrons. The number of pyridine rings is 1. The van der Waals surface area contributed by atoms with Gasteiger partial charge in [-0.05, 0) is 24.6 Å². The van der Waals surface area contributed by atoms with Crippen LogP contribution in [0.5, 0.6) is 5.75 Å². The summed E-state index contributed by atoms with van der Waals surface area (Å²) in [4.78, 5) is 11.9. The van der Waals surface area contributed by atoms with Crippen LogP contribution in [0.3, 0.4) is 0 Å². The van der Waals surface area contributed by atoms with Crippen molar-refractivity contribution in [2.75, 3.05) is 6.61 Å². The van der Waals surface area contributed by atoms with Gasteiger partial charge in [0.1, 0.15) is 5.75 Å². The van der Waals surface area contributed by atoms with Gasteiger partial charge in [-0.3, -0.25) is 4.79 Å². The predicted molar refractivity (Wildman–Crippen MR) is 70.0 cm³/mol. The lowest BCUT2D eigenvalue weighted by Crippen LogP contribution is -2.16. The van der Waals surface area contributed by atoms with Crippen molar-refractivity contribution in [1.82, 2.24) is 4.57 Å². The van der Waals surface area contributed by atoms with E-state index in [9.17, 15) is 4.79 Å². The van der Waals surface area contributed by atoms with Gasteiger partial charge in [-0.15, -0.1) is 0 Å². The van der Waals surface area contributed by atoms with Crippen LogP contribution in [0, 0.1) is 0 Å². The van der Waals surface area contributed by atoms with Crippen LogP contribution in [-0.4, -0.2) is 11.2 Å². The Kier molecular flexibility index (Phi) is 3.38. The van der Waals surface area contributed by atoms with Crippen molar-refractivity contribution >= 4 is 22.4 Å². The monoisotopic (exact) mass is 251 g/mol. The summed E-state index contributed by atoms with van der Waals surface area (Å²) in [6.45, 7) is 2.66. The molecule has 0 spiro atoms. The summed E-state index contributed by atoms with van der Waals surface area (Å²) in [5.74, 6) is 0.700. The van der Waals surface area contributed by atoms with Gasteiger partial charge in [-0.25, -0.2) is 0 Å². The maximum atomic E-state index is 11.9. The quantitative estimate of drug-likeness (QED) is 0.840. The summed E-state index contributed by atoms with van der Waals surface area (Å²) in [5.41, 5.74) is -0.0412. The molecule has 0 aliphatic rings. The Bertz CT molecular complexity index is 604. The standard InChI is InChI=1S/C13H14ClNO2/c1-3-6-17-12-8-15(2)13(16)10-5-4-9(14)7-11(10)12/h4-5,7-8H,3,6H2,1-2H3. The van der Waals surface area contributed by atoms with Crippen molar-refractivity contribution < 1.29 is 4.74 Å². The van der Waals surface area contributed by atoms with E-state index in [0.29, 0.717) is 22.8 Å². The number of hydrogen-bond acceptors (Lipinski definition) is 2. The van der Waals surface area contributed by atoms with Crippen LogP contribution in [-0.2, 0) is 7.05 Å². The molecule has 1 heterocycles. The molecule has 0 saturated heterocycles. The van der Waals surface area contributed by atoms with E-state index in [1.54, 1.807) is 31.4 Å². The molecule has 3 nitrogen and oxygen atoms in total. The number of hydrogen-bond donors (Lipinski definition) is 0. The number of ether oxygens (including phenoxy) is 1. The Labute approximate surface area is 105 Å². The van der Waals surface area contributed by atoms with Gasteiger partial charge in [0.2, 0.25) is 0 Å². The Morgan fingerprint density at radius 1 is 1.35 bits per heavy atom. The minimum atomic E-state index is -0.0412. The fourth-order valence-corrected chi connectivity index (χ4v) is 1.90. The Balaban J connectivity index is 2.69. The largest absolute Gasteiger partial charge is 0.491 e. The SMILES string of the molecule is CCCOc1cn(C)c(=O)c2ccc(Cl)cc12. The number of rotatable bonds is 3. The van der Waals surface area contributed by atoms with Crippen molar-refractivity contribution in [1.29, 1.82) is 0 Å². The second kappa shape index (κ2) is 4.80. The third kappa shape index (κ3) is 2.29. The highest BCUT2D eigenvalue weighted by Gasteiger charge is 2.08. The van der Waals surface area contributed by atoms with Gasteiger partial charge in [-0.2, -0.15) is 0 Å². The van der Waals surface area contributed by atoms with Gasteiger partial charge in [0.25, 0.3) is 5.56 Å². The van der Waals surface area contributed by atoms with Crippen molar-refractivity contribution in [2.45, 2.75) is 13.3 Å². The van der Waals surface area contributed by atoms with Crippen LogP contribution >= 0.6 is 11.6 Å². The van der Waals surface area contributed by atoms with Crippen molar-refractivity contribution in [3.05, 3.63) is 39.8 Å². The first-order valence-corrected chi connectivity index (χ1v) is 5.93. The van der Waals surface area contributed by atoms with E-state index in [2.05, 4.69) is 0 Å². The molecule has 0 amide bonds. The highest BCUT2D eigenvalue weighted by molar-refractivity contribution is 6.31. The summed E-state index contributed by atoms with van der Waals surface area (Å²) < 4.78 is 7.17. The maximum Gasteiger partial charge on any atom is 0.258 e. The van der Waals surface area contributed by atoms with Crippen molar-refractivity contribution in [3.8, 4) is 5.75 Å². The van der Waals surface area contributed by atoms with Gasteiger partial charge >= 0.3 is 0 Å². The van der Waals surface area contributed by atoms with Gasteiger partial charge in [0.15, 0.2) is 0 Å². The number of benzene rings is 1. The average molecular weight is 252 g/mol. The maximum absolute atomic E-state index is 11.9. The summed E-state index contributed by atoms with van der Waals surface area (Å²) in [6.07, 6.45) is 2.63. The highest BCUT2D eigenvalue weighted by atomic mass is 35.5. The highest BCUT2D eigenvalue weighted by Crippen LogP contribution is 2.25. The fraction of sp³-hybridized carbons (Fsp3) is 0.308. The Hall–Kier alpha value is -1.48. The van der Waals surface area contributed by atoms with Crippen molar-refractivity contribution in [3.63, 3.8) is 0 Å². The number of nitrogens with zero attached hydrogens (tertiary/aromatic N) is 1. The number of aryl methyl sites for hydroxylation is 1. The van der Waals surface area contributed by atoms with Gasteiger partial charge < -0.3 is 9.30 Å². The average Bonchev–Trinajstić information content (AvgIpc) is 2.32. The van der Waals surface area contributed by atoms with Crippen LogP contribution in [0.2, 0.25) is 5.02 Å². The molecular weight excluding hydrogens is 238 g/mol. The third-order valence-corrected chi connectivity index (χ3v) is 2.81. The molecule has 2 aromatic rings. The molecule has 0 aliphatic carbocycles. The van der Waals surface area contributed by atoms with Crippen molar-refractivity contribution in [2.24, 2.45) is 7.05 Å². The van der Waals surface area contributed by atoms with Crippen LogP contribution in [0.1, 0.15) is 13.3 Å². The third-order valence-electron chi connectivity index (χ3n) is 2.57.